The number of nitrogens with one attached hydrogen (secondary N) is 1. The van der Waals surface area contributed by atoms with Gasteiger partial charge < -0.3 is 5.32 Å². The maximum Gasteiger partial charge on any atom is 0.416 e. The lowest BCUT2D eigenvalue weighted by atomic mass is 10.1. The van der Waals surface area contributed by atoms with Gasteiger partial charge in [0.1, 0.15) is 5.82 Å². The molecule has 0 heterocycles. The highest BCUT2D eigenvalue weighted by atomic mass is 79.9. The van der Waals surface area contributed by atoms with Crippen LogP contribution in [0.1, 0.15) is 16.7 Å². The molecular formula is C15H12BrF4N. The summed E-state index contributed by atoms with van der Waals surface area (Å²) >= 11 is 3.22. The average molecular weight is 362 g/mol. The van der Waals surface area contributed by atoms with Gasteiger partial charge in [-0.1, -0.05) is 40.2 Å². The Kier molecular flexibility index (Phi) is 5.00. The quantitative estimate of drug-likeness (QED) is 0.764. The lowest BCUT2D eigenvalue weighted by Gasteiger charge is -2.13. The Bertz CT molecular complexity index is 625. The van der Waals surface area contributed by atoms with Gasteiger partial charge in [0.25, 0.3) is 0 Å². The van der Waals surface area contributed by atoms with Crippen LogP contribution in [-0.2, 0) is 19.3 Å². The van der Waals surface area contributed by atoms with Crippen molar-refractivity contribution in [1.82, 2.24) is 5.32 Å². The molecule has 112 valence electrons. The molecule has 2 aromatic rings. The summed E-state index contributed by atoms with van der Waals surface area (Å²) in [6.07, 6.45) is -4.37. The standard InChI is InChI=1S/C15H12BrF4N/c16-14-7-12(17)6-5-11(14)9-21-8-10-3-1-2-4-13(10)15(18,19)20/h1-7,21H,8-9H2. The van der Waals surface area contributed by atoms with Gasteiger partial charge in [0.05, 0.1) is 5.56 Å². The molecule has 0 unspecified atom stereocenters. The molecule has 0 bridgehead atoms. The molecule has 0 radical (unpaired) electrons. The van der Waals surface area contributed by atoms with Gasteiger partial charge in [-0.2, -0.15) is 13.2 Å². The minimum absolute atomic E-state index is 0.0828. The summed E-state index contributed by atoms with van der Waals surface area (Å²) < 4.78 is 52.0. The number of hydrogen-bond donors (Lipinski definition) is 1. The number of rotatable bonds is 4. The van der Waals surface area contributed by atoms with Crippen molar-refractivity contribution in [2.75, 3.05) is 0 Å². The van der Waals surface area contributed by atoms with Crippen LogP contribution in [0.25, 0.3) is 0 Å². The van der Waals surface area contributed by atoms with E-state index in [0.29, 0.717) is 11.0 Å². The van der Waals surface area contributed by atoms with E-state index in [0.717, 1.165) is 11.6 Å². The minimum atomic E-state index is -4.37. The molecule has 0 saturated heterocycles. The molecule has 0 amide bonds. The Labute approximate surface area is 128 Å². The molecule has 0 fully saturated rings. The normalized spacial score (nSPS) is 11.7. The molecule has 1 nitrogen and oxygen atoms in total. The lowest BCUT2D eigenvalue weighted by molar-refractivity contribution is -0.138. The molecule has 6 heteroatoms. The van der Waals surface area contributed by atoms with Crippen LogP contribution in [-0.4, -0.2) is 0 Å². The van der Waals surface area contributed by atoms with Crippen LogP contribution in [0.2, 0.25) is 0 Å². The first-order chi connectivity index (χ1) is 9.88. The smallest absolute Gasteiger partial charge is 0.309 e. The SMILES string of the molecule is Fc1ccc(CNCc2ccccc2C(F)(F)F)c(Br)c1. The van der Waals surface area contributed by atoms with Crippen molar-refractivity contribution in [2.24, 2.45) is 0 Å². The minimum Gasteiger partial charge on any atom is -0.309 e. The molecule has 0 atom stereocenters. The maximum absolute atomic E-state index is 12.9. The van der Waals surface area contributed by atoms with Crippen molar-refractivity contribution < 1.29 is 17.6 Å². The summed E-state index contributed by atoms with van der Waals surface area (Å²) in [6, 6.07) is 9.65. The van der Waals surface area contributed by atoms with E-state index in [2.05, 4.69) is 21.2 Å². The Morgan fingerprint density at radius 1 is 0.952 bits per heavy atom. The van der Waals surface area contributed by atoms with E-state index >= 15 is 0 Å². The Hall–Kier alpha value is -1.40. The first-order valence-corrected chi connectivity index (χ1v) is 6.97. The van der Waals surface area contributed by atoms with Crippen LogP contribution in [0.5, 0.6) is 0 Å². The molecule has 0 saturated carbocycles. The molecule has 0 aliphatic rings. The third kappa shape index (κ3) is 4.28. The third-order valence-electron chi connectivity index (χ3n) is 2.97. The first-order valence-electron chi connectivity index (χ1n) is 6.17. The van der Waals surface area contributed by atoms with E-state index < -0.39 is 11.7 Å². The average Bonchev–Trinajstić information content (AvgIpc) is 2.41. The van der Waals surface area contributed by atoms with Crippen LogP contribution in [0.3, 0.4) is 0 Å². The Morgan fingerprint density at radius 3 is 2.29 bits per heavy atom. The topological polar surface area (TPSA) is 12.0 Å². The summed E-state index contributed by atoms with van der Waals surface area (Å²) in [5, 5.41) is 2.94. The molecule has 0 aliphatic heterocycles. The number of benzene rings is 2. The van der Waals surface area contributed by atoms with Gasteiger partial charge in [-0.05, 0) is 29.3 Å². The zero-order chi connectivity index (χ0) is 15.5. The second-order valence-corrected chi connectivity index (χ2v) is 5.35. The van der Waals surface area contributed by atoms with Gasteiger partial charge >= 0.3 is 6.18 Å². The van der Waals surface area contributed by atoms with Gasteiger partial charge in [-0.3, -0.25) is 0 Å². The third-order valence-corrected chi connectivity index (χ3v) is 3.71. The van der Waals surface area contributed by atoms with Crippen molar-refractivity contribution in [2.45, 2.75) is 19.3 Å². The van der Waals surface area contributed by atoms with Crippen molar-refractivity contribution >= 4 is 15.9 Å². The molecule has 2 rings (SSSR count). The summed E-state index contributed by atoms with van der Waals surface area (Å²) in [7, 11) is 0. The van der Waals surface area contributed by atoms with Crippen molar-refractivity contribution in [3.63, 3.8) is 0 Å². The monoisotopic (exact) mass is 361 g/mol. The van der Waals surface area contributed by atoms with E-state index in [-0.39, 0.29) is 17.9 Å². The van der Waals surface area contributed by atoms with Crippen molar-refractivity contribution in [3.05, 3.63) is 69.4 Å². The largest absolute Gasteiger partial charge is 0.416 e. The van der Waals surface area contributed by atoms with E-state index in [1.165, 1.54) is 24.3 Å². The van der Waals surface area contributed by atoms with Gasteiger partial charge in [0.2, 0.25) is 0 Å². The molecule has 1 N–H and O–H groups in total. The van der Waals surface area contributed by atoms with Gasteiger partial charge in [0.15, 0.2) is 0 Å². The first kappa shape index (κ1) is 16.0. The lowest BCUT2D eigenvalue weighted by Crippen LogP contribution is -2.17. The van der Waals surface area contributed by atoms with E-state index in [1.807, 2.05) is 0 Å². The summed E-state index contributed by atoms with van der Waals surface area (Å²) in [5.41, 5.74) is 0.319. The van der Waals surface area contributed by atoms with Crippen molar-refractivity contribution in [3.8, 4) is 0 Å². The van der Waals surface area contributed by atoms with Gasteiger partial charge in [-0.15, -0.1) is 0 Å². The molecule has 2 aromatic carbocycles. The molecule has 21 heavy (non-hydrogen) atoms. The van der Waals surface area contributed by atoms with Gasteiger partial charge in [-0.25, -0.2) is 4.39 Å². The second-order valence-electron chi connectivity index (χ2n) is 4.49. The summed E-state index contributed by atoms with van der Waals surface area (Å²) in [6.45, 7) is 0.423. The van der Waals surface area contributed by atoms with Crippen LogP contribution in [0.15, 0.2) is 46.9 Å². The van der Waals surface area contributed by atoms with Crippen LogP contribution in [0.4, 0.5) is 17.6 Å². The molecule has 0 spiro atoms. The zero-order valence-corrected chi connectivity index (χ0v) is 12.4. The second kappa shape index (κ2) is 6.58. The van der Waals surface area contributed by atoms with Crippen LogP contribution < -0.4 is 5.32 Å². The number of halogens is 5. The fourth-order valence-electron chi connectivity index (χ4n) is 1.95. The predicted molar refractivity (Wildman–Crippen MR) is 76.1 cm³/mol. The number of alkyl halides is 3. The molecule has 0 aromatic heterocycles. The Morgan fingerprint density at radius 2 is 1.62 bits per heavy atom. The van der Waals surface area contributed by atoms with Gasteiger partial charge in [0, 0.05) is 17.6 Å². The fourth-order valence-corrected chi connectivity index (χ4v) is 2.44. The summed E-state index contributed by atoms with van der Waals surface area (Å²) in [5.74, 6) is -0.368. The number of hydrogen-bond acceptors (Lipinski definition) is 1. The predicted octanol–water partition coefficient (Wildman–Crippen LogP) is 4.90. The molecule has 0 aliphatic carbocycles. The van der Waals surface area contributed by atoms with Crippen LogP contribution in [0, 0.1) is 5.82 Å². The highest BCUT2D eigenvalue weighted by molar-refractivity contribution is 9.10. The molecular weight excluding hydrogens is 350 g/mol. The van der Waals surface area contributed by atoms with E-state index in [9.17, 15) is 17.6 Å². The highest BCUT2D eigenvalue weighted by Gasteiger charge is 2.32. The summed E-state index contributed by atoms with van der Waals surface area (Å²) in [4.78, 5) is 0. The maximum atomic E-state index is 12.9. The zero-order valence-electron chi connectivity index (χ0n) is 10.8. The highest BCUT2D eigenvalue weighted by Crippen LogP contribution is 2.31. The van der Waals surface area contributed by atoms with Crippen molar-refractivity contribution in [1.29, 1.82) is 0 Å². The van der Waals surface area contributed by atoms with E-state index in [4.69, 9.17) is 0 Å². The van der Waals surface area contributed by atoms with E-state index in [1.54, 1.807) is 12.1 Å². The fraction of sp³-hybridized carbons (Fsp3) is 0.200. The van der Waals surface area contributed by atoms with Crippen LogP contribution >= 0.6 is 15.9 Å². The Balaban J connectivity index is 2.04.